The summed E-state index contributed by atoms with van der Waals surface area (Å²) >= 11 is 0. The number of hydrogen-bond donors (Lipinski definition) is 2. The number of ether oxygens (including phenoxy) is 1. The van der Waals surface area contributed by atoms with Crippen LogP contribution in [0.15, 0.2) is 24.3 Å². The number of carbonyl (C=O) groups excluding carboxylic acids is 1. The molecule has 0 spiro atoms. The third-order valence-corrected chi connectivity index (χ3v) is 3.87. The van der Waals surface area contributed by atoms with Crippen molar-refractivity contribution >= 4 is 11.7 Å². The predicted octanol–water partition coefficient (Wildman–Crippen LogP) is 2.85. The molecule has 1 aromatic rings. The maximum atomic E-state index is 12.2. The molecule has 2 atom stereocenters. The molecule has 116 valence electrons. The molecule has 0 bridgehead atoms. The lowest BCUT2D eigenvalue weighted by Gasteiger charge is -2.23. The zero-order chi connectivity index (χ0) is 15.2. The van der Waals surface area contributed by atoms with E-state index in [1.807, 2.05) is 31.2 Å². The van der Waals surface area contributed by atoms with Crippen molar-refractivity contribution in [2.24, 2.45) is 0 Å². The van der Waals surface area contributed by atoms with Crippen molar-refractivity contribution in [3.63, 3.8) is 0 Å². The molecule has 5 nitrogen and oxygen atoms in total. The van der Waals surface area contributed by atoms with Crippen molar-refractivity contribution in [3.05, 3.63) is 24.3 Å². The number of hydrogen-bond acceptors (Lipinski definition) is 3. The molecule has 2 rings (SSSR count). The van der Waals surface area contributed by atoms with Gasteiger partial charge in [0, 0.05) is 12.2 Å². The summed E-state index contributed by atoms with van der Waals surface area (Å²) in [6.45, 7) is 4.83. The number of likely N-dealkylation sites (tertiary alicyclic amines) is 1. The summed E-state index contributed by atoms with van der Waals surface area (Å²) in [5.74, 6) is 0.803. The van der Waals surface area contributed by atoms with Gasteiger partial charge in [-0.3, -0.25) is 0 Å². The number of benzene rings is 1. The van der Waals surface area contributed by atoms with Crippen molar-refractivity contribution in [2.75, 3.05) is 18.5 Å². The lowest BCUT2D eigenvalue weighted by atomic mass is 10.2. The maximum Gasteiger partial charge on any atom is 0.322 e. The van der Waals surface area contributed by atoms with Crippen LogP contribution in [0.1, 0.15) is 33.1 Å². The monoisotopic (exact) mass is 292 g/mol. The summed E-state index contributed by atoms with van der Waals surface area (Å²) in [4.78, 5) is 13.9. The summed E-state index contributed by atoms with van der Waals surface area (Å²) in [6, 6.07) is 7.17. The van der Waals surface area contributed by atoms with Crippen molar-refractivity contribution in [3.8, 4) is 5.75 Å². The lowest BCUT2D eigenvalue weighted by Crippen LogP contribution is -2.40. The first-order valence-electron chi connectivity index (χ1n) is 7.59. The minimum Gasteiger partial charge on any atom is -0.491 e. The SMILES string of the molecule is CCC(C)Oc1ccc(NC(=O)N2CCC[C@H]2CO)cc1. The van der Waals surface area contributed by atoms with Crippen molar-refractivity contribution in [1.29, 1.82) is 0 Å². The lowest BCUT2D eigenvalue weighted by molar-refractivity contribution is 0.166. The third kappa shape index (κ3) is 4.11. The van der Waals surface area contributed by atoms with Crippen LogP contribution in [0.3, 0.4) is 0 Å². The van der Waals surface area contributed by atoms with Crippen LogP contribution in [-0.2, 0) is 0 Å². The average Bonchev–Trinajstić information content (AvgIpc) is 2.97. The molecule has 1 saturated heterocycles. The number of aliphatic hydroxyl groups excluding tert-OH is 1. The summed E-state index contributed by atoms with van der Waals surface area (Å²) < 4.78 is 5.70. The van der Waals surface area contributed by atoms with E-state index in [4.69, 9.17) is 4.74 Å². The number of anilines is 1. The fourth-order valence-electron chi connectivity index (χ4n) is 2.42. The molecule has 1 aromatic carbocycles. The molecule has 1 aliphatic rings. The van der Waals surface area contributed by atoms with Gasteiger partial charge < -0.3 is 20.1 Å². The summed E-state index contributed by atoms with van der Waals surface area (Å²) in [6.07, 6.45) is 2.95. The Bertz CT molecular complexity index is 461. The first-order valence-corrected chi connectivity index (χ1v) is 7.59. The third-order valence-electron chi connectivity index (χ3n) is 3.87. The largest absolute Gasteiger partial charge is 0.491 e. The second kappa shape index (κ2) is 7.31. The van der Waals surface area contributed by atoms with Crippen LogP contribution in [0.2, 0.25) is 0 Å². The Labute approximate surface area is 125 Å². The van der Waals surface area contributed by atoms with Gasteiger partial charge in [0.2, 0.25) is 0 Å². The minimum absolute atomic E-state index is 0.0229. The van der Waals surface area contributed by atoms with Crippen LogP contribution in [0.25, 0.3) is 0 Å². The molecule has 0 radical (unpaired) electrons. The molecule has 0 saturated carbocycles. The van der Waals surface area contributed by atoms with Gasteiger partial charge in [0.15, 0.2) is 0 Å². The molecule has 1 unspecified atom stereocenters. The molecule has 2 amide bonds. The van der Waals surface area contributed by atoms with Crippen molar-refractivity contribution < 1.29 is 14.6 Å². The highest BCUT2D eigenvalue weighted by Gasteiger charge is 2.27. The first-order chi connectivity index (χ1) is 10.1. The van der Waals surface area contributed by atoms with Crippen LogP contribution < -0.4 is 10.1 Å². The van der Waals surface area contributed by atoms with Gasteiger partial charge in [0.25, 0.3) is 0 Å². The second-order valence-corrected chi connectivity index (χ2v) is 5.46. The van der Waals surface area contributed by atoms with E-state index in [1.165, 1.54) is 0 Å². The first kappa shape index (κ1) is 15.6. The second-order valence-electron chi connectivity index (χ2n) is 5.46. The summed E-state index contributed by atoms with van der Waals surface area (Å²) in [5, 5.41) is 12.1. The highest BCUT2D eigenvalue weighted by molar-refractivity contribution is 5.89. The Morgan fingerprint density at radius 2 is 2.19 bits per heavy atom. The highest BCUT2D eigenvalue weighted by atomic mass is 16.5. The topological polar surface area (TPSA) is 61.8 Å². The van der Waals surface area contributed by atoms with Gasteiger partial charge in [-0.2, -0.15) is 0 Å². The molecule has 21 heavy (non-hydrogen) atoms. The van der Waals surface area contributed by atoms with E-state index in [-0.39, 0.29) is 24.8 Å². The van der Waals surface area contributed by atoms with Crippen LogP contribution in [0, 0.1) is 0 Å². The molecule has 5 heteroatoms. The van der Waals surface area contributed by atoms with Gasteiger partial charge in [0.05, 0.1) is 18.8 Å². The van der Waals surface area contributed by atoms with Gasteiger partial charge in [-0.25, -0.2) is 4.79 Å². The number of amides is 2. The number of aliphatic hydroxyl groups is 1. The van der Waals surface area contributed by atoms with Gasteiger partial charge in [-0.1, -0.05) is 6.92 Å². The molecule has 1 aliphatic heterocycles. The Balaban J connectivity index is 1.92. The van der Waals surface area contributed by atoms with Gasteiger partial charge in [-0.15, -0.1) is 0 Å². The Morgan fingerprint density at radius 3 is 2.81 bits per heavy atom. The zero-order valence-corrected chi connectivity index (χ0v) is 12.7. The smallest absolute Gasteiger partial charge is 0.322 e. The Morgan fingerprint density at radius 1 is 1.48 bits per heavy atom. The Kier molecular flexibility index (Phi) is 5.44. The molecular formula is C16H24N2O3. The minimum atomic E-state index is -0.151. The highest BCUT2D eigenvalue weighted by Crippen LogP contribution is 2.21. The quantitative estimate of drug-likeness (QED) is 0.877. The van der Waals surface area contributed by atoms with E-state index in [1.54, 1.807) is 4.90 Å². The fourth-order valence-corrected chi connectivity index (χ4v) is 2.42. The fraction of sp³-hybridized carbons (Fsp3) is 0.562. The molecular weight excluding hydrogens is 268 g/mol. The zero-order valence-electron chi connectivity index (χ0n) is 12.7. The van der Waals surface area contributed by atoms with Crippen LogP contribution in [-0.4, -0.2) is 41.3 Å². The summed E-state index contributed by atoms with van der Waals surface area (Å²) in [7, 11) is 0. The number of carbonyl (C=O) groups is 1. The van der Waals surface area contributed by atoms with Crippen molar-refractivity contribution in [1.82, 2.24) is 4.90 Å². The van der Waals surface area contributed by atoms with Crippen molar-refractivity contribution in [2.45, 2.75) is 45.3 Å². The number of nitrogens with one attached hydrogen (secondary N) is 1. The standard InChI is InChI=1S/C16H24N2O3/c1-3-12(2)21-15-8-6-13(7-9-15)17-16(20)18-10-4-5-14(18)11-19/h6-9,12,14,19H,3-5,10-11H2,1-2H3,(H,17,20)/t12?,14-/m0/s1. The van der Waals surface area contributed by atoms with Crippen LogP contribution >= 0.6 is 0 Å². The number of urea groups is 1. The van der Waals surface area contributed by atoms with E-state index in [0.717, 1.165) is 30.7 Å². The summed E-state index contributed by atoms with van der Waals surface area (Å²) in [5.41, 5.74) is 0.736. The average molecular weight is 292 g/mol. The predicted molar refractivity (Wildman–Crippen MR) is 82.7 cm³/mol. The van der Waals surface area contributed by atoms with Gasteiger partial charge >= 0.3 is 6.03 Å². The van der Waals surface area contributed by atoms with E-state index < -0.39 is 0 Å². The molecule has 0 aromatic heterocycles. The molecule has 2 N–H and O–H groups in total. The normalized spacial score (nSPS) is 19.4. The van der Waals surface area contributed by atoms with Crippen LogP contribution in [0.5, 0.6) is 5.75 Å². The molecule has 0 aliphatic carbocycles. The van der Waals surface area contributed by atoms with Crippen LogP contribution in [0.4, 0.5) is 10.5 Å². The van der Waals surface area contributed by atoms with E-state index in [9.17, 15) is 9.90 Å². The molecule has 1 fully saturated rings. The van der Waals surface area contributed by atoms with E-state index >= 15 is 0 Å². The van der Waals surface area contributed by atoms with Gasteiger partial charge in [-0.05, 0) is 50.5 Å². The maximum absolute atomic E-state index is 12.2. The van der Waals surface area contributed by atoms with E-state index in [0.29, 0.717) is 6.54 Å². The van der Waals surface area contributed by atoms with E-state index in [2.05, 4.69) is 12.2 Å². The number of rotatable bonds is 5. The number of nitrogens with zero attached hydrogens (tertiary/aromatic N) is 1. The Hall–Kier alpha value is -1.75. The van der Waals surface area contributed by atoms with Gasteiger partial charge in [0.1, 0.15) is 5.75 Å². The molecule has 1 heterocycles.